The summed E-state index contributed by atoms with van der Waals surface area (Å²) in [7, 11) is 1.58. The number of amides is 4. The Balaban J connectivity index is 1.49. The van der Waals surface area contributed by atoms with E-state index in [1.54, 1.807) is 13.2 Å². The molecule has 0 bridgehead atoms. The fourth-order valence-corrected chi connectivity index (χ4v) is 6.28. The number of carbonyl (C=O) groups excluding carboxylic acids is 3. The number of hydrogen-bond acceptors (Lipinski definition) is 8. The first-order valence-electron chi connectivity index (χ1n) is 17.7. The third-order valence-corrected chi connectivity index (χ3v) is 9.03. The van der Waals surface area contributed by atoms with Crippen molar-refractivity contribution < 1.29 is 38.5 Å². The van der Waals surface area contributed by atoms with E-state index < -0.39 is 42.2 Å². The molecule has 3 aromatic rings. The summed E-state index contributed by atoms with van der Waals surface area (Å²) >= 11 is 0. The van der Waals surface area contributed by atoms with Crippen molar-refractivity contribution in [3.63, 3.8) is 0 Å². The maximum Gasteiger partial charge on any atom is 0.426 e. The normalized spacial score (nSPS) is 20.4. The lowest BCUT2D eigenvalue weighted by Gasteiger charge is -2.33. The Kier molecular flexibility index (Phi) is 13.1. The Morgan fingerprint density at radius 3 is 2.61 bits per heavy atom. The van der Waals surface area contributed by atoms with Crippen LogP contribution in [0.25, 0.3) is 22.2 Å². The zero-order chi connectivity index (χ0) is 36.2. The predicted molar refractivity (Wildman–Crippen MR) is 191 cm³/mol. The van der Waals surface area contributed by atoms with Gasteiger partial charge in [0, 0.05) is 36.0 Å². The number of hydrogen-bond donors (Lipinski definition) is 3. The van der Waals surface area contributed by atoms with Gasteiger partial charge in [0.2, 0.25) is 0 Å². The number of allylic oxidation sites excluding steroid dienone is 2. The van der Waals surface area contributed by atoms with Gasteiger partial charge in [-0.25, -0.2) is 29.8 Å². The van der Waals surface area contributed by atoms with Gasteiger partial charge in [-0.1, -0.05) is 62.2 Å². The minimum atomic E-state index is -1.41. The number of unbranched alkanes of at least 4 members (excludes halogenated alkanes) is 1. The molecule has 2 aromatic carbocycles. The molecular weight excluding hydrogens is 654 g/mol. The van der Waals surface area contributed by atoms with Crippen molar-refractivity contribution in [2.24, 2.45) is 0 Å². The molecule has 5 rings (SSSR count). The number of carboxylic acids is 1. The molecule has 2 aliphatic rings. The van der Waals surface area contributed by atoms with E-state index in [-0.39, 0.29) is 26.0 Å². The highest BCUT2D eigenvalue weighted by atomic mass is 16.6. The standard InChI is InChI=1S/C38H47N5O8/c1-3-4-21-50-38(48)41-43-32(36(45)46)17-13-8-6-5-7-9-14-20-39-37(47)42-25-28(23-33(42)35(43)44)51-34-24-30(26-15-11-10-12-16-26)40-31-22-27(49-2)18-19-29(31)34/h6,8,10-12,15-16,18-19,22,24,28,32-33H,3-5,7,9,13-14,17,20-21,23,25H2,1-2H3,(H,39,47)(H,41,48)(H,45,46). The van der Waals surface area contributed by atoms with E-state index >= 15 is 0 Å². The number of carbonyl (C=O) groups is 4. The van der Waals surface area contributed by atoms with Gasteiger partial charge in [0.15, 0.2) is 6.04 Å². The number of carboxylic acid groups (broad SMARTS) is 1. The van der Waals surface area contributed by atoms with Crippen LogP contribution in [0.15, 0.2) is 66.7 Å². The average Bonchev–Trinajstić information content (AvgIpc) is 3.56. The first-order valence-corrected chi connectivity index (χ1v) is 17.7. The molecule has 0 saturated carbocycles. The molecule has 3 N–H and O–H groups in total. The summed E-state index contributed by atoms with van der Waals surface area (Å²) in [5.74, 6) is -0.912. The molecule has 2 aliphatic heterocycles. The number of pyridine rings is 1. The first-order chi connectivity index (χ1) is 24.8. The third kappa shape index (κ3) is 9.68. The van der Waals surface area contributed by atoms with Crippen molar-refractivity contribution in [1.82, 2.24) is 25.6 Å². The van der Waals surface area contributed by atoms with Crippen LogP contribution in [0, 0.1) is 0 Å². The number of rotatable bonds is 9. The summed E-state index contributed by atoms with van der Waals surface area (Å²) in [6.07, 6.45) is 7.52. The molecule has 1 fully saturated rings. The Morgan fingerprint density at radius 2 is 1.84 bits per heavy atom. The van der Waals surface area contributed by atoms with E-state index in [0.29, 0.717) is 47.5 Å². The Morgan fingerprint density at radius 1 is 1.04 bits per heavy atom. The fraction of sp³-hybridized carbons (Fsp3) is 0.447. The molecule has 13 heteroatoms. The number of aliphatic carboxylic acids is 1. The molecule has 0 aliphatic carbocycles. The molecule has 3 atom stereocenters. The van der Waals surface area contributed by atoms with E-state index in [1.165, 1.54) is 4.90 Å². The van der Waals surface area contributed by atoms with Crippen LogP contribution in [0.3, 0.4) is 0 Å². The molecule has 3 unspecified atom stereocenters. The van der Waals surface area contributed by atoms with Crippen molar-refractivity contribution in [2.45, 2.75) is 82.9 Å². The largest absolute Gasteiger partial charge is 0.497 e. The summed E-state index contributed by atoms with van der Waals surface area (Å²) < 4.78 is 17.3. The Bertz CT molecular complexity index is 1700. The number of aromatic nitrogens is 1. The van der Waals surface area contributed by atoms with Gasteiger partial charge in [-0.05, 0) is 50.7 Å². The number of fused-ring (bicyclic) bond motifs is 2. The predicted octanol–water partition coefficient (Wildman–Crippen LogP) is 6.08. The Labute approximate surface area is 297 Å². The molecule has 4 amide bonds. The summed E-state index contributed by atoms with van der Waals surface area (Å²) in [5, 5.41) is 14.8. The lowest BCUT2D eigenvalue weighted by atomic mass is 10.1. The molecule has 3 heterocycles. The zero-order valence-corrected chi connectivity index (χ0v) is 29.2. The maximum atomic E-state index is 14.4. The van der Waals surface area contributed by atoms with Crippen LogP contribution in [0.1, 0.15) is 64.7 Å². The van der Waals surface area contributed by atoms with Gasteiger partial charge in [-0.2, -0.15) is 0 Å². The second-order valence-corrected chi connectivity index (χ2v) is 12.7. The SMILES string of the molecule is CCCCOC(=O)NN1C(=O)C2CC(Oc3cc(-c4ccccc4)nc4cc(OC)ccc34)CN2C(=O)NCCCCCC=CCCC1C(=O)O. The molecule has 13 nitrogen and oxygen atoms in total. The van der Waals surface area contributed by atoms with Crippen molar-refractivity contribution in [3.8, 4) is 22.8 Å². The monoisotopic (exact) mass is 701 g/mol. The highest BCUT2D eigenvalue weighted by molar-refractivity contribution is 5.92. The molecule has 0 radical (unpaired) electrons. The molecule has 51 heavy (non-hydrogen) atoms. The van der Waals surface area contributed by atoms with Gasteiger partial charge in [0.1, 0.15) is 23.6 Å². The van der Waals surface area contributed by atoms with E-state index in [2.05, 4.69) is 10.7 Å². The van der Waals surface area contributed by atoms with Gasteiger partial charge in [0.05, 0.1) is 31.5 Å². The number of nitrogens with zero attached hydrogens (tertiary/aromatic N) is 3. The van der Waals surface area contributed by atoms with Crippen molar-refractivity contribution >= 4 is 34.9 Å². The summed E-state index contributed by atoms with van der Waals surface area (Å²) in [5.41, 5.74) is 4.59. The van der Waals surface area contributed by atoms with Crippen LogP contribution in [0.5, 0.6) is 11.5 Å². The molecule has 272 valence electrons. The average molecular weight is 702 g/mol. The highest BCUT2D eigenvalue weighted by Crippen LogP contribution is 2.35. The van der Waals surface area contributed by atoms with Gasteiger partial charge in [0.25, 0.3) is 5.91 Å². The minimum absolute atomic E-state index is 0.0398. The molecular formula is C38H47N5O8. The topological polar surface area (TPSA) is 160 Å². The molecule has 1 aromatic heterocycles. The van der Waals surface area contributed by atoms with Gasteiger partial charge in [-0.3, -0.25) is 4.79 Å². The van der Waals surface area contributed by atoms with E-state index in [9.17, 15) is 24.3 Å². The third-order valence-electron chi connectivity index (χ3n) is 9.03. The smallest absolute Gasteiger partial charge is 0.426 e. The van der Waals surface area contributed by atoms with Crippen molar-refractivity contribution in [3.05, 3.63) is 66.7 Å². The van der Waals surface area contributed by atoms with Crippen LogP contribution >= 0.6 is 0 Å². The number of urea groups is 1. The summed E-state index contributed by atoms with van der Waals surface area (Å²) in [6.45, 7) is 2.50. The first kappa shape index (κ1) is 36.9. The van der Waals surface area contributed by atoms with Gasteiger partial charge in [-0.15, -0.1) is 0 Å². The van der Waals surface area contributed by atoms with E-state index in [1.807, 2.05) is 67.6 Å². The van der Waals surface area contributed by atoms with Crippen LogP contribution in [0.2, 0.25) is 0 Å². The number of ether oxygens (including phenoxy) is 3. The van der Waals surface area contributed by atoms with Crippen molar-refractivity contribution in [2.75, 3.05) is 26.8 Å². The second-order valence-electron chi connectivity index (χ2n) is 12.7. The number of benzene rings is 2. The van der Waals surface area contributed by atoms with Crippen LogP contribution in [0.4, 0.5) is 9.59 Å². The highest BCUT2D eigenvalue weighted by Gasteiger charge is 2.45. The van der Waals surface area contributed by atoms with Crippen LogP contribution < -0.4 is 20.2 Å². The van der Waals surface area contributed by atoms with Gasteiger partial charge >= 0.3 is 18.1 Å². The lowest BCUT2D eigenvalue weighted by Crippen LogP contribution is -2.60. The number of methoxy groups -OCH3 is 1. The van der Waals surface area contributed by atoms with E-state index in [0.717, 1.165) is 42.7 Å². The van der Waals surface area contributed by atoms with Crippen LogP contribution in [-0.2, 0) is 14.3 Å². The quantitative estimate of drug-likeness (QED) is 0.178. The summed E-state index contributed by atoms with van der Waals surface area (Å²) in [6, 6.07) is 13.9. The van der Waals surface area contributed by atoms with E-state index in [4.69, 9.17) is 19.2 Å². The maximum absolute atomic E-state index is 14.4. The second kappa shape index (κ2) is 18.1. The van der Waals surface area contributed by atoms with Gasteiger partial charge < -0.3 is 29.5 Å². The Hall–Kier alpha value is -5.33. The zero-order valence-electron chi connectivity index (χ0n) is 29.2. The van der Waals surface area contributed by atoms with Crippen molar-refractivity contribution in [1.29, 1.82) is 0 Å². The minimum Gasteiger partial charge on any atom is -0.497 e. The lowest BCUT2D eigenvalue weighted by molar-refractivity contribution is -0.155. The summed E-state index contributed by atoms with van der Waals surface area (Å²) in [4.78, 5) is 59.9. The molecule has 1 saturated heterocycles. The van der Waals surface area contributed by atoms with Crippen LogP contribution in [-0.4, -0.2) is 89.0 Å². The molecule has 0 spiro atoms. The number of hydrazine groups is 1. The fourth-order valence-electron chi connectivity index (χ4n) is 6.28. The number of nitrogens with one attached hydrogen (secondary N) is 2.